The van der Waals surface area contributed by atoms with Gasteiger partial charge < -0.3 is 19.6 Å². The molecule has 0 unspecified atom stereocenters. The molecule has 0 aliphatic heterocycles. The van der Waals surface area contributed by atoms with Crippen LogP contribution >= 0.6 is 0 Å². The standard InChI is InChI=1S/C13H13NO4/c1-17-13(16)12-9(6-7-18-12)8-14-10-2-4-11(15)5-3-10/h2-7,14-15H,8H2,1H3. The van der Waals surface area contributed by atoms with Crippen LogP contribution < -0.4 is 5.32 Å². The summed E-state index contributed by atoms with van der Waals surface area (Å²) >= 11 is 0. The minimum atomic E-state index is -0.498. The fraction of sp³-hybridized carbons (Fsp3) is 0.154. The van der Waals surface area contributed by atoms with Crippen molar-refractivity contribution in [2.45, 2.75) is 6.54 Å². The quantitative estimate of drug-likeness (QED) is 0.641. The van der Waals surface area contributed by atoms with E-state index < -0.39 is 5.97 Å². The zero-order chi connectivity index (χ0) is 13.0. The number of carbonyl (C=O) groups excluding carboxylic acids is 1. The van der Waals surface area contributed by atoms with Crippen molar-refractivity contribution >= 4 is 11.7 Å². The largest absolute Gasteiger partial charge is 0.508 e. The van der Waals surface area contributed by atoms with E-state index in [2.05, 4.69) is 10.1 Å². The predicted octanol–water partition coefficient (Wildman–Crippen LogP) is 2.38. The van der Waals surface area contributed by atoms with Crippen molar-refractivity contribution in [3.05, 3.63) is 47.9 Å². The summed E-state index contributed by atoms with van der Waals surface area (Å²) in [6.07, 6.45) is 1.44. The number of rotatable bonds is 4. The first-order valence-electron chi connectivity index (χ1n) is 5.38. The molecule has 5 heteroatoms. The van der Waals surface area contributed by atoms with Gasteiger partial charge in [0.05, 0.1) is 13.4 Å². The summed E-state index contributed by atoms with van der Waals surface area (Å²) in [5.41, 5.74) is 1.56. The Morgan fingerprint density at radius 3 is 2.72 bits per heavy atom. The first-order chi connectivity index (χ1) is 8.70. The topological polar surface area (TPSA) is 71.7 Å². The SMILES string of the molecule is COC(=O)c1occc1CNc1ccc(O)cc1. The van der Waals surface area contributed by atoms with E-state index in [1.165, 1.54) is 13.4 Å². The van der Waals surface area contributed by atoms with E-state index in [0.717, 1.165) is 11.3 Å². The van der Waals surface area contributed by atoms with Gasteiger partial charge in [-0.3, -0.25) is 0 Å². The highest BCUT2D eigenvalue weighted by molar-refractivity contribution is 5.87. The molecule has 0 bridgehead atoms. The Morgan fingerprint density at radius 1 is 1.33 bits per heavy atom. The molecule has 0 atom stereocenters. The number of anilines is 1. The zero-order valence-electron chi connectivity index (χ0n) is 9.84. The smallest absolute Gasteiger partial charge is 0.374 e. The minimum absolute atomic E-state index is 0.198. The third kappa shape index (κ3) is 2.63. The Labute approximate surface area is 104 Å². The lowest BCUT2D eigenvalue weighted by Gasteiger charge is -2.06. The molecule has 0 saturated heterocycles. The van der Waals surface area contributed by atoms with Crippen molar-refractivity contribution in [3.8, 4) is 5.75 Å². The summed E-state index contributed by atoms with van der Waals surface area (Å²) in [4.78, 5) is 11.4. The van der Waals surface area contributed by atoms with E-state index in [1.54, 1.807) is 30.3 Å². The Morgan fingerprint density at radius 2 is 2.06 bits per heavy atom. The normalized spacial score (nSPS) is 10.1. The molecule has 1 heterocycles. The van der Waals surface area contributed by atoms with E-state index >= 15 is 0 Å². The van der Waals surface area contributed by atoms with Gasteiger partial charge in [0, 0.05) is 17.8 Å². The van der Waals surface area contributed by atoms with Crippen LogP contribution in [0.4, 0.5) is 5.69 Å². The van der Waals surface area contributed by atoms with Crippen LogP contribution in [0.3, 0.4) is 0 Å². The van der Waals surface area contributed by atoms with Crippen LogP contribution in [-0.2, 0) is 11.3 Å². The molecule has 1 aromatic heterocycles. The Bertz CT molecular complexity index is 530. The summed E-state index contributed by atoms with van der Waals surface area (Å²) in [6, 6.07) is 8.36. The average Bonchev–Trinajstić information content (AvgIpc) is 2.85. The molecule has 0 fully saturated rings. The van der Waals surface area contributed by atoms with Crippen LogP contribution in [0.15, 0.2) is 41.0 Å². The van der Waals surface area contributed by atoms with Crippen LogP contribution in [0.25, 0.3) is 0 Å². The third-order valence-corrected chi connectivity index (χ3v) is 2.47. The molecule has 0 amide bonds. The Balaban J connectivity index is 2.04. The monoisotopic (exact) mass is 247 g/mol. The molecule has 0 aliphatic carbocycles. The van der Waals surface area contributed by atoms with Gasteiger partial charge in [-0.1, -0.05) is 0 Å². The number of phenols is 1. The maximum Gasteiger partial charge on any atom is 0.374 e. The molecule has 0 radical (unpaired) electrons. The highest BCUT2D eigenvalue weighted by atomic mass is 16.5. The molecular formula is C13H13NO4. The highest BCUT2D eigenvalue weighted by Crippen LogP contribution is 2.17. The van der Waals surface area contributed by atoms with Crippen LogP contribution in [-0.4, -0.2) is 18.2 Å². The summed E-state index contributed by atoms with van der Waals surface area (Å²) < 4.78 is 9.68. The first kappa shape index (κ1) is 12.0. The lowest BCUT2D eigenvalue weighted by molar-refractivity contribution is 0.0563. The summed E-state index contributed by atoms with van der Waals surface area (Å²) in [7, 11) is 1.31. The maximum absolute atomic E-state index is 11.4. The number of methoxy groups -OCH3 is 1. The molecule has 2 N–H and O–H groups in total. The van der Waals surface area contributed by atoms with Gasteiger partial charge in [0.2, 0.25) is 5.76 Å². The van der Waals surface area contributed by atoms with E-state index in [9.17, 15) is 4.79 Å². The van der Waals surface area contributed by atoms with Crippen molar-refractivity contribution in [2.24, 2.45) is 0 Å². The molecular weight excluding hydrogens is 234 g/mol. The van der Waals surface area contributed by atoms with Crippen LogP contribution in [0, 0.1) is 0 Å². The molecule has 0 saturated carbocycles. The number of esters is 1. The van der Waals surface area contributed by atoms with E-state index in [-0.39, 0.29) is 11.5 Å². The molecule has 2 rings (SSSR count). The van der Waals surface area contributed by atoms with Crippen LogP contribution in [0.2, 0.25) is 0 Å². The number of hydrogen-bond donors (Lipinski definition) is 2. The molecule has 0 aliphatic rings. The number of nitrogens with one attached hydrogen (secondary N) is 1. The van der Waals surface area contributed by atoms with Gasteiger partial charge in [0.15, 0.2) is 0 Å². The maximum atomic E-state index is 11.4. The van der Waals surface area contributed by atoms with Crippen molar-refractivity contribution in [3.63, 3.8) is 0 Å². The van der Waals surface area contributed by atoms with Crippen molar-refractivity contribution in [2.75, 3.05) is 12.4 Å². The average molecular weight is 247 g/mol. The van der Waals surface area contributed by atoms with Crippen LogP contribution in [0.1, 0.15) is 16.1 Å². The second-order valence-corrected chi connectivity index (χ2v) is 3.67. The number of benzene rings is 1. The fourth-order valence-corrected chi connectivity index (χ4v) is 1.52. The molecule has 0 spiro atoms. The van der Waals surface area contributed by atoms with Crippen molar-refractivity contribution in [1.29, 1.82) is 0 Å². The lowest BCUT2D eigenvalue weighted by atomic mass is 10.2. The number of carbonyl (C=O) groups is 1. The van der Waals surface area contributed by atoms with Gasteiger partial charge in [0.1, 0.15) is 5.75 Å². The Kier molecular flexibility index (Phi) is 3.52. The minimum Gasteiger partial charge on any atom is -0.508 e. The van der Waals surface area contributed by atoms with Crippen molar-refractivity contribution in [1.82, 2.24) is 0 Å². The van der Waals surface area contributed by atoms with Gasteiger partial charge in [-0.05, 0) is 30.3 Å². The van der Waals surface area contributed by atoms with Crippen molar-refractivity contribution < 1.29 is 19.1 Å². The molecule has 94 valence electrons. The van der Waals surface area contributed by atoms with Gasteiger partial charge in [0.25, 0.3) is 0 Å². The number of aromatic hydroxyl groups is 1. The van der Waals surface area contributed by atoms with E-state index in [4.69, 9.17) is 9.52 Å². The lowest BCUT2D eigenvalue weighted by Crippen LogP contribution is -2.06. The first-order valence-corrected chi connectivity index (χ1v) is 5.38. The molecule has 5 nitrogen and oxygen atoms in total. The predicted molar refractivity (Wildman–Crippen MR) is 65.5 cm³/mol. The second-order valence-electron chi connectivity index (χ2n) is 3.67. The molecule has 2 aromatic rings. The van der Waals surface area contributed by atoms with Gasteiger partial charge in [-0.15, -0.1) is 0 Å². The highest BCUT2D eigenvalue weighted by Gasteiger charge is 2.15. The molecule has 18 heavy (non-hydrogen) atoms. The van der Waals surface area contributed by atoms with E-state index in [1.807, 2.05) is 0 Å². The second kappa shape index (κ2) is 5.27. The Hall–Kier alpha value is -2.43. The number of furan rings is 1. The van der Waals surface area contributed by atoms with Gasteiger partial charge >= 0.3 is 5.97 Å². The molecule has 1 aromatic carbocycles. The fourth-order valence-electron chi connectivity index (χ4n) is 1.52. The number of phenolic OH excluding ortho intramolecular Hbond substituents is 1. The number of hydrogen-bond acceptors (Lipinski definition) is 5. The third-order valence-electron chi connectivity index (χ3n) is 2.47. The summed E-state index contributed by atoms with van der Waals surface area (Å²) in [6.45, 7) is 0.436. The van der Waals surface area contributed by atoms with Crippen LogP contribution in [0.5, 0.6) is 5.75 Å². The number of ether oxygens (including phenoxy) is 1. The van der Waals surface area contributed by atoms with Gasteiger partial charge in [-0.25, -0.2) is 4.79 Å². The zero-order valence-corrected chi connectivity index (χ0v) is 9.84. The van der Waals surface area contributed by atoms with E-state index in [0.29, 0.717) is 6.54 Å². The van der Waals surface area contributed by atoms with Gasteiger partial charge in [-0.2, -0.15) is 0 Å². The summed E-state index contributed by atoms with van der Waals surface area (Å²) in [5, 5.41) is 12.3. The summed E-state index contributed by atoms with van der Waals surface area (Å²) in [5.74, 6) is -0.0922.